The van der Waals surface area contributed by atoms with Gasteiger partial charge in [-0.3, -0.25) is 0 Å². The second-order valence-electron chi connectivity index (χ2n) is 4.35. The van der Waals surface area contributed by atoms with Crippen molar-refractivity contribution in [1.82, 2.24) is 0 Å². The molecule has 1 aromatic rings. The lowest BCUT2D eigenvalue weighted by Gasteiger charge is -2.20. The van der Waals surface area contributed by atoms with E-state index in [1.165, 1.54) is 25.7 Å². The lowest BCUT2D eigenvalue weighted by molar-refractivity contribution is 0.0972. The number of hydrogen-bond acceptors (Lipinski definition) is 2. The molecule has 0 spiro atoms. The van der Waals surface area contributed by atoms with Crippen molar-refractivity contribution in [2.75, 3.05) is 0 Å². The summed E-state index contributed by atoms with van der Waals surface area (Å²) >= 11 is 3.33. The molecule has 0 saturated heterocycles. The van der Waals surface area contributed by atoms with Crippen LogP contribution in [0.5, 0.6) is 0 Å². The van der Waals surface area contributed by atoms with Crippen LogP contribution in [0.2, 0.25) is 0 Å². The van der Waals surface area contributed by atoms with Gasteiger partial charge in [0.15, 0.2) is 4.67 Å². The highest BCUT2D eigenvalue weighted by Gasteiger charge is 2.24. The van der Waals surface area contributed by atoms with E-state index in [-0.39, 0.29) is 6.10 Å². The van der Waals surface area contributed by atoms with Crippen molar-refractivity contribution in [2.24, 2.45) is 5.92 Å². The van der Waals surface area contributed by atoms with Gasteiger partial charge in [-0.15, -0.1) is 0 Å². The maximum absolute atomic E-state index is 10.2. The summed E-state index contributed by atoms with van der Waals surface area (Å²) in [5, 5.41) is 10.2. The Labute approximate surface area is 98.8 Å². The molecular formula is C12H17BrO2. The predicted molar refractivity (Wildman–Crippen MR) is 62.6 cm³/mol. The van der Waals surface area contributed by atoms with E-state index in [9.17, 15) is 5.11 Å². The molecule has 0 radical (unpaired) electrons. The molecule has 1 aliphatic rings. The summed E-state index contributed by atoms with van der Waals surface area (Å²) in [6.45, 7) is 0. The van der Waals surface area contributed by atoms with Gasteiger partial charge >= 0.3 is 0 Å². The highest BCUT2D eigenvalue weighted by atomic mass is 79.9. The molecule has 3 heteroatoms. The van der Waals surface area contributed by atoms with Gasteiger partial charge in [0.2, 0.25) is 0 Å². The van der Waals surface area contributed by atoms with Crippen LogP contribution >= 0.6 is 15.9 Å². The fourth-order valence-electron chi connectivity index (χ4n) is 2.40. The molecule has 1 aliphatic carbocycles. The maximum Gasteiger partial charge on any atom is 0.174 e. The average molecular weight is 273 g/mol. The standard InChI is InChI=1S/C12H17BrO2/c13-12-10(7-8-15-12)11(14)9-5-3-1-2-4-6-9/h7-9,11,14H,1-6H2. The Kier molecular flexibility index (Phi) is 3.87. The molecule has 2 nitrogen and oxygen atoms in total. The van der Waals surface area contributed by atoms with Crippen molar-refractivity contribution >= 4 is 15.9 Å². The van der Waals surface area contributed by atoms with E-state index in [4.69, 9.17) is 4.42 Å². The van der Waals surface area contributed by atoms with Crippen molar-refractivity contribution in [3.05, 3.63) is 22.6 Å². The number of hydrogen-bond donors (Lipinski definition) is 1. The van der Waals surface area contributed by atoms with E-state index in [1.807, 2.05) is 6.07 Å². The minimum absolute atomic E-state index is 0.365. The van der Waals surface area contributed by atoms with Gasteiger partial charge in [-0.2, -0.15) is 0 Å². The van der Waals surface area contributed by atoms with Crippen LogP contribution in [0.3, 0.4) is 0 Å². The lowest BCUT2D eigenvalue weighted by atomic mass is 9.91. The SMILES string of the molecule is OC(c1ccoc1Br)C1CCCCCC1. The first kappa shape index (κ1) is 11.2. The summed E-state index contributed by atoms with van der Waals surface area (Å²) < 4.78 is 5.84. The number of halogens is 1. The summed E-state index contributed by atoms with van der Waals surface area (Å²) in [4.78, 5) is 0. The van der Waals surface area contributed by atoms with E-state index < -0.39 is 0 Å². The van der Waals surface area contributed by atoms with Crippen molar-refractivity contribution in [3.8, 4) is 0 Å². The molecule has 1 aromatic heterocycles. The Balaban J connectivity index is 2.06. The second kappa shape index (κ2) is 5.17. The number of aliphatic hydroxyl groups is 1. The van der Waals surface area contributed by atoms with Crippen LogP contribution in [0.1, 0.15) is 50.2 Å². The molecule has 1 unspecified atom stereocenters. The van der Waals surface area contributed by atoms with Crippen LogP contribution in [-0.4, -0.2) is 5.11 Å². The molecule has 1 saturated carbocycles. The highest BCUT2D eigenvalue weighted by molar-refractivity contribution is 9.10. The van der Waals surface area contributed by atoms with Gasteiger partial charge in [-0.1, -0.05) is 25.7 Å². The first-order valence-electron chi connectivity index (χ1n) is 5.70. The number of rotatable bonds is 2. The van der Waals surface area contributed by atoms with E-state index in [0.29, 0.717) is 10.6 Å². The van der Waals surface area contributed by atoms with Gasteiger partial charge in [0.25, 0.3) is 0 Å². The van der Waals surface area contributed by atoms with Crippen LogP contribution in [0.25, 0.3) is 0 Å². The van der Waals surface area contributed by atoms with Crippen molar-refractivity contribution < 1.29 is 9.52 Å². The fourth-order valence-corrected chi connectivity index (χ4v) is 2.87. The summed E-state index contributed by atoms with van der Waals surface area (Å²) in [5.74, 6) is 0.404. The molecule has 15 heavy (non-hydrogen) atoms. The summed E-state index contributed by atoms with van der Waals surface area (Å²) in [5.41, 5.74) is 0.905. The zero-order chi connectivity index (χ0) is 10.7. The lowest BCUT2D eigenvalue weighted by Crippen LogP contribution is -2.11. The Morgan fingerprint density at radius 3 is 2.47 bits per heavy atom. The minimum atomic E-state index is -0.365. The van der Waals surface area contributed by atoms with Crippen molar-refractivity contribution in [1.29, 1.82) is 0 Å². The van der Waals surface area contributed by atoms with Crippen molar-refractivity contribution in [2.45, 2.75) is 44.6 Å². The van der Waals surface area contributed by atoms with E-state index in [1.54, 1.807) is 6.26 Å². The van der Waals surface area contributed by atoms with Gasteiger partial charge in [0.1, 0.15) is 0 Å². The minimum Gasteiger partial charge on any atom is -0.457 e. The van der Waals surface area contributed by atoms with Crippen LogP contribution in [0.15, 0.2) is 21.4 Å². The Morgan fingerprint density at radius 1 is 1.27 bits per heavy atom. The third kappa shape index (κ3) is 2.64. The topological polar surface area (TPSA) is 33.4 Å². The molecule has 2 rings (SSSR count). The molecule has 0 aromatic carbocycles. The molecule has 0 aliphatic heterocycles. The third-order valence-corrected chi connectivity index (χ3v) is 3.96. The van der Waals surface area contributed by atoms with Gasteiger partial charge in [-0.25, -0.2) is 0 Å². The molecule has 0 bridgehead atoms. The third-order valence-electron chi connectivity index (χ3n) is 3.31. The molecule has 1 heterocycles. The van der Waals surface area contributed by atoms with E-state index >= 15 is 0 Å². The van der Waals surface area contributed by atoms with Crippen LogP contribution in [-0.2, 0) is 0 Å². The molecule has 1 atom stereocenters. The molecule has 1 fully saturated rings. The van der Waals surface area contributed by atoms with E-state index in [0.717, 1.165) is 18.4 Å². The average Bonchev–Trinajstić information content (AvgIpc) is 2.53. The Morgan fingerprint density at radius 2 is 1.93 bits per heavy atom. The number of furan rings is 1. The fraction of sp³-hybridized carbons (Fsp3) is 0.667. The molecule has 84 valence electrons. The van der Waals surface area contributed by atoms with Crippen LogP contribution in [0.4, 0.5) is 0 Å². The molecule has 1 N–H and O–H groups in total. The van der Waals surface area contributed by atoms with Crippen molar-refractivity contribution in [3.63, 3.8) is 0 Å². The smallest absolute Gasteiger partial charge is 0.174 e. The zero-order valence-corrected chi connectivity index (χ0v) is 10.4. The van der Waals surface area contributed by atoms with Gasteiger partial charge in [0.05, 0.1) is 12.4 Å². The summed E-state index contributed by atoms with van der Waals surface area (Å²) in [6, 6.07) is 1.86. The quantitative estimate of drug-likeness (QED) is 0.825. The predicted octanol–water partition coefficient (Wildman–Crippen LogP) is 4.05. The first-order chi connectivity index (χ1) is 7.29. The van der Waals surface area contributed by atoms with Gasteiger partial charge in [0, 0.05) is 5.56 Å². The van der Waals surface area contributed by atoms with E-state index in [2.05, 4.69) is 15.9 Å². The highest BCUT2D eigenvalue weighted by Crippen LogP contribution is 2.36. The second-order valence-corrected chi connectivity index (χ2v) is 5.07. The monoisotopic (exact) mass is 272 g/mol. The summed E-state index contributed by atoms with van der Waals surface area (Å²) in [7, 11) is 0. The normalized spacial score (nSPS) is 21.2. The number of aliphatic hydroxyl groups excluding tert-OH is 1. The Hall–Kier alpha value is -0.280. The van der Waals surface area contributed by atoms with Crippen LogP contribution in [0, 0.1) is 5.92 Å². The first-order valence-corrected chi connectivity index (χ1v) is 6.49. The molecule has 0 amide bonds. The zero-order valence-electron chi connectivity index (χ0n) is 8.79. The molecular weight excluding hydrogens is 256 g/mol. The summed E-state index contributed by atoms with van der Waals surface area (Å²) in [6.07, 6.45) is 8.66. The largest absolute Gasteiger partial charge is 0.457 e. The van der Waals surface area contributed by atoms with Crippen LogP contribution < -0.4 is 0 Å². The van der Waals surface area contributed by atoms with Gasteiger partial charge < -0.3 is 9.52 Å². The Bertz CT molecular complexity index is 300. The maximum atomic E-state index is 10.2. The van der Waals surface area contributed by atoms with Gasteiger partial charge in [-0.05, 0) is 40.8 Å².